The minimum Gasteiger partial charge on any atom is -0.325 e. The molecule has 0 saturated carbocycles. The Labute approximate surface area is 156 Å². The number of hydrogen-bond acceptors (Lipinski definition) is 5. The molecule has 3 rings (SSSR count). The van der Waals surface area contributed by atoms with Crippen LogP contribution in [-0.4, -0.2) is 21.1 Å². The van der Waals surface area contributed by atoms with Crippen LogP contribution in [0.1, 0.15) is 37.8 Å². The minimum atomic E-state index is -0.252. The zero-order valence-corrected chi connectivity index (χ0v) is 16.4. The Kier molecular flexibility index (Phi) is 5.39. The second kappa shape index (κ2) is 7.54. The number of carbonyl (C=O) groups is 1. The lowest BCUT2D eigenvalue weighted by Gasteiger charge is -2.18. The van der Waals surface area contributed by atoms with Crippen molar-refractivity contribution in [2.24, 2.45) is 0 Å². The lowest BCUT2D eigenvalue weighted by molar-refractivity contribution is -0.115. The van der Waals surface area contributed by atoms with Gasteiger partial charge in [0.2, 0.25) is 5.91 Å². The van der Waals surface area contributed by atoms with Gasteiger partial charge in [-0.2, -0.15) is 0 Å². The minimum absolute atomic E-state index is 0.0109. The number of nitrogens with zero attached hydrogens (tertiary/aromatic N) is 2. The van der Waals surface area contributed by atoms with Crippen molar-refractivity contribution in [1.82, 2.24) is 9.97 Å². The van der Waals surface area contributed by atoms with Crippen molar-refractivity contribution >= 4 is 44.9 Å². The molecule has 0 aliphatic rings. The van der Waals surface area contributed by atoms with Crippen LogP contribution in [0.15, 0.2) is 41.0 Å². The number of benzene rings is 1. The van der Waals surface area contributed by atoms with E-state index in [1.807, 2.05) is 37.4 Å². The molecule has 0 aliphatic heterocycles. The molecular formula is C19H21N3OS2. The molecule has 1 atom stereocenters. The highest BCUT2D eigenvalue weighted by molar-refractivity contribution is 8.00. The van der Waals surface area contributed by atoms with E-state index in [4.69, 9.17) is 0 Å². The van der Waals surface area contributed by atoms with Gasteiger partial charge in [-0.15, -0.1) is 11.3 Å². The van der Waals surface area contributed by atoms with E-state index in [2.05, 4.69) is 35.2 Å². The molecule has 0 fully saturated rings. The highest BCUT2D eigenvalue weighted by atomic mass is 32.2. The number of rotatable bonds is 5. The molecule has 3 aromatic rings. The van der Waals surface area contributed by atoms with Gasteiger partial charge in [0.05, 0.1) is 5.25 Å². The molecule has 0 unspecified atom stereocenters. The lowest BCUT2D eigenvalue weighted by Crippen LogP contribution is -2.24. The maximum Gasteiger partial charge on any atom is 0.237 e. The largest absolute Gasteiger partial charge is 0.325 e. The van der Waals surface area contributed by atoms with E-state index in [1.54, 1.807) is 17.7 Å². The zero-order chi connectivity index (χ0) is 18.0. The SMILES string of the molecule is Cc1cccc(C(C)C)c1NC(=O)[C@H](C)Sc1ncnc2sccc12. The maximum absolute atomic E-state index is 12.7. The van der Waals surface area contributed by atoms with E-state index < -0.39 is 0 Å². The van der Waals surface area contributed by atoms with Crippen LogP contribution in [0.5, 0.6) is 0 Å². The quantitative estimate of drug-likeness (QED) is 0.492. The van der Waals surface area contributed by atoms with E-state index in [9.17, 15) is 4.79 Å². The Morgan fingerprint density at radius 2 is 2.00 bits per heavy atom. The first-order valence-corrected chi connectivity index (χ1v) is 9.98. The predicted octanol–water partition coefficient (Wildman–Crippen LogP) is 5.24. The molecule has 1 aromatic carbocycles. The van der Waals surface area contributed by atoms with Crippen LogP contribution in [0.2, 0.25) is 0 Å². The Hall–Kier alpha value is -1.92. The molecule has 0 spiro atoms. The van der Waals surface area contributed by atoms with Crippen molar-refractivity contribution in [2.75, 3.05) is 5.32 Å². The molecule has 2 heterocycles. The van der Waals surface area contributed by atoms with Gasteiger partial charge < -0.3 is 5.32 Å². The maximum atomic E-state index is 12.7. The summed E-state index contributed by atoms with van der Waals surface area (Å²) >= 11 is 3.05. The van der Waals surface area contributed by atoms with Crippen LogP contribution < -0.4 is 5.32 Å². The summed E-state index contributed by atoms with van der Waals surface area (Å²) < 4.78 is 0. The summed E-state index contributed by atoms with van der Waals surface area (Å²) in [6.07, 6.45) is 1.56. The second-order valence-electron chi connectivity index (χ2n) is 6.26. The molecule has 0 bridgehead atoms. The highest BCUT2D eigenvalue weighted by Crippen LogP contribution is 2.32. The van der Waals surface area contributed by atoms with Crippen LogP contribution >= 0.6 is 23.1 Å². The Balaban J connectivity index is 1.79. The molecule has 25 heavy (non-hydrogen) atoms. The lowest BCUT2D eigenvalue weighted by atomic mass is 9.98. The zero-order valence-electron chi connectivity index (χ0n) is 14.7. The second-order valence-corrected chi connectivity index (χ2v) is 8.49. The van der Waals surface area contributed by atoms with Crippen molar-refractivity contribution in [3.05, 3.63) is 47.1 Å². The Morgan fingerprint density at radius 1 is 1.20 bits per heavy atom. The third kappa shape index (κ3) is 3.85. The fourth-order valence-corrected chi connectivity index (χ4v) is 4.35. The summed E-state index contributed by atoms with van der Waals surface area (Å²) in [6.45, 7) is 8.21. The van der Waals surface area contributed by atoms with Crippen molar-refractivity contribution < 1.29 is 4.79 Å². The first-order chi connectivity index (χ1) is 12.0. The number of fused-ring (bicyclic) bond motifs is 1. The van der Waals surface area contributed by atoms with Crippen molar-refractivity contribution in [2.45, 2.75) is 43.9 Å². The number of nitrogens with one attached hydrogen (secondary N) is 1. The summed E-state index contributed by atoms with van der Waals surface area (Å²) in [5.41, 5.74) is 3.17. The van der Waals surface area contributed by atoms with Crippen LogP contribution in [-0.2, 0) is 4.79 Å². The van der Waals surface area contributed by atoms with E-state index >= 15 is 0 Å². The molecule has 0 radical (unpaired) electrons. The van der Waals surface area contributed by atoms with Gasteiger partial charge in [0.1, 0.15) is 16.2 Å². The topological polar surface area (TPSA) is 54.9 Å². The third-order valence-electron chi connectivity index (χ3n) is 4.06. The summed E-state index contributed by atoms with van der Waals surface area (Å²) in [4.78, 5) is 22.3. The highest BCUT2D eigenvalue weighted by Gasteiger charge is 2.19. The molecule has 1 amide bonds. The van der Waals surface area contributed by atoms with E-state index in [-0.39, 0.29) is 11.2 Å². The molecular weight excluding hydrogens is 350 g/mol. The smallest absolute Gasteiger partial charge is 0.237 e. The predicted molar refractivity (Wildman–Crippen MR) is 107 cm³/mol. The van der Waals surface area contributed by atoms with Gasteiger partial charge in [-0.3, -0.25) is 4.79 Å². The number of aromatic nitrogens is 2. The van der Waals surface area contributed by atoms with E-state index in [1.165, 1.54) is 11.8 Å². The first kappa shape index (κ1) is 17.9. The summed E-state index contributed by atoms with van der Waals surface area (Å²) in [7, 11) is 0. The van der Waals surface area contributed by atoms with E-state index in [0.29, 0.717) is 5.92 Å². The molecule has 6 heteroatoms. The van der Waals surface area contributed by atoms with Crippen LogP contribution in [0.25, 0.3) is 10.2 Å². The normalized spacial score (nSPS) is 12.5. The van der Waals surface area contributed by atoms with Crippen LogP contribution in [0, 0.1) is 6.92 Å². The average Bonchev–Trinajstić information content (AvgIpc) is 3.06. The van der Waals surface area contributed by atoms with E-state index in [0.717, 1.165) is 32.1 Å². The number of para-hydroxylation sites is 1. The van der Waals surface area contributed by atoms with Crippen molar-refractivity contribution in [1.29, 1.82) is 0 Å². The number of thioether (sulfide) groups is 1. The van der Waals surface area contributed by atoms with Gasteiger partial charge >= 0.3 is 0 Å². The number of thiophene rings is 1. The Morgan fingerprint density at radius 3 is 2.76 bits per heavy atom. The monoisotopic (exact) mass is 371 g/mol. The van der Waals surface area contributed by atoms with Gasteiger partial charge in [-0.1, -0.05) is 43.8 Å². The molecule has 0 aliphatic carbocycles. The molecule has 1 N–H and O–H groups in total. The standard InChI is InChI=1S/C19H21N3OS2/c1-11(2)14-7-5-6-12(3)16(14)22-17(23)13(4)25-19-15-8-9-24-18(15)20-10-21-19/h5-11,13H,1-4H3,(H,22,23)/t13-/m0/s1. The van der Waals surface area contributed by atoms with Crippen molar-refractivity contribution in [3.8, 4) is 0 Å². The van der Waals surface area contributed by atoms with Crippen molar-refractivity contribution in [3.63, 3.8) is 0 Å². The summed E-state index contributed by atoms with van der Waals surface area (Å²) in [5, 5.41) is 6.73. The van der Waals surface area contributed by atoms with Gasteiger partial charge in [-0.25, -0.2) is 9.97 Å². The van der Waals surface area contributed by atoms with Gasteiger partial charge in [-0.05, 0) is 42.3 Å². The summed E-state index contributed by atoms with van der Waals surface area (Å²) in [6, 6.07) is 8.14. The van der Waals surface area contributed by atoms with Crippen LogP contribution in [0.3, 0.4) is 0 Å². The molecule has 2 aromatic heterocycles. The number of amides is 1. The van der Waals surface area contributed by atoms with Gasteiger partial charge in [0, 0.05) is 11.1 Å². The molecule has 130 valence electrons. The van der Waals surface area contributed by atoms with Gasteiger partial charge in [0.15, 0.2) is 0 Å². The number of hydrogen-bond donors (Lipinski definition) is 1. The third-order valence-corrected chi connectivity index (χ3v) is 5.99. The number of carbonyl (C=O) groups excluding carboxylic acids is 1. The van der Waals surface area contributed by atoms with Gasteiger partial charge in [0.25, 0.3) is 0 Å². The molecule has 4 nitrogen and oxygen atoms in total. The molecule has 0 saturated heterocycles. The number of aryl methyl sites for hydroxylation is 1. The average molecular weight is 372 g/mol. The fourth-order valence-electron chi connectivity index (χ4n) is 2.65. The fraction of sp³-hybridized carbons (Fsp3) is 0.316. The first-order valence-electron chi connectivity index (χ1n) is 8.22. The Bertz CT molecular complexity index is 905. The number of anilines is 1. The summed E-state index contributed by atoms with van der Waals surface area (Å²) in [5.74, 6) is 0.341. The van der Waals surface area contributed by atoms with Crippen LogP contribution in [0.4, 0.5) is 5.69 Å².